The molecule has 0 radical (unpaired) electrons. The van der Waals surface area contributed by atoms with Crippen LogP contribution in [-0.2, 0) is 4.74 Å². The van der Waals surface area contributed by atoms with Gasteiger partial charge >= 0.3 is 0 Å². The van der Waals surface area contributed by atoms with Crippen LogP contribution in [0.15, 0.2) is 41.6 Å². The minimum Gasteiger partial charge on any atom is -0.475 e. The van der Waals surface area contributed by atoms with Crippen LogP contribution in [0.4, 0.5) is 0 Å². The summed E-state index contributed by atoms with van der Waals surface area (Å²) in [5.41, 5.74) is 1.88. The number of aromatic nitrogens is 4. The molecule has 0 N–H and O–H groups in total. The summed E-state index contributed by atoms with van der Waals surface area (Å²) in [6.07, 6.45) is 1.92. The molecule has 1 fully saturated rings. The number of hydrogen-bond acceptors (Lipinski definition) is 7. The summed E-state index contributed by atoms with van der Waals surface area (Å²) in [7, 11) is 0. The standard InChI is InChI=1S/C21H23N5O2S/c1-16-13-19(26-20(22-16)23-21(24-26)29-2)28-15-18-14-25(11-12-27-18)10-6-9-17-7-4-3-5-8-17/h3-5,7-8,13,18H,10-12,14-15H2,1-2H3. The predicted molar refractivity (Wildman–Crippen MR) is 112 cm³/mol. The van der Waals surface area contributed by atoms with Crippen molar-refractivity contribution in [3.63, 3.8) is 0 Å². The lowest BCUT2D eigenvalue weighted by atomic mass is 10.2. The van der Waals surface area contributed by atoms with Crippen LogP contribution in [0.2, 0.25) is 0 Å². The summed E-state index contributed by atoms with van der Waals surface area (Å²) < 4.78 is 13.6. The first kappa shape index (κ1) is 19.7. The molecule has 1 unspecified atom stereocenters. The summed E-state index contributed by atoms with van der Waals surface area (Å²) in [5, 5.41) is 5.10. The van der Waals surface area contributed by atoms with E-state index in [1.807, 2.05) is 49.6 Å². The molecule has 1 atom stereocenters. The Kier molecular flexibility index (Phi) is 6.30. The minimum atomic E-state index is -0.0191. The second kappa shape index (κ2) is 9.27. The van der Waals surface area contributed by atoms with Crippen LogP contribution in [0.25, 0.3) is 5.78 Å². The fraction of sp³-hybridized carbons (Fsp3) is 0.381. The number of fused-ring (bicyclic) bond motifs is 1. The molecule has 4 rings (SSSR count). The van der Waals surface area contributed by atoms with Crippen LogP contribution in [-0.4, -0.2) is 69.7 Å². The SMILES string of the molecule is CSc1nc2nc(C)cc(OCC3CN(CC#Cc4ccccc4)CCO3)n2n1. The minimum absolute atomic E-state index is 0.0191. The lowest BCUT2D eigenvalue weighted by Crippen LogP contribution is -2.45. The summed E-state index contributed by atoms with van der Waals surface area (Å²) >= 11 is 1.48. The van der Waals surface area contributed by atoms with Gasteiger partial charge in [0.2, 0.25) is 11.0 Å². The highest BCUT2D eigenvalue weighted by Gasteiger charge is 2.21. The number of hydrogen-bond donors (Lipinski definition) is 0. The maximum absolute atomic E-state index is 6.04. The second-order valence-corrected chi connectivity index (χ2v) is 7.53. The van der Waals surface area contributed by atoms with Gasteiger partial charge in [0.15, 0.2) is 0 Å². The van der Waals surface area contributed by atoms with Gasteiger partial charge in [-0.25, -0.2) is 4.98 Å². The number of morpholine rings is 1. The van der Waals surface area contributed by atoms with Crippen molar-refractivity contribution in [3.8, 4) is 17.7 Å². The summed E-state index contributed by atoms with van der Waals surface area (Å²) in [6.45, 7) is 5.41. The Bertz CT molecular complexity index is 1030. The third kappa shape index (κ3) is 5.07. The van der Waals surface area contributed by atoms with Gasteiger partial charge in [-0.1, -0.05) is 41.8 Å². The van der Waals surface area contributed by atoms with Gasteiger partial charge in [-0.3, -0.25) is 4.90 Å². The first-order valence-electron chi connectivity index (χ1n) is 9.50. The molecule has 3 aromatic rings. The molecule has 1 aromatic carbocycles. The number of nitrogens with zero attached hydrogens (tertiary/aromatic N) is 5. The van der Waals surface area contributed by atoms with Crippen molar-refractivity contribution in [2.45, 2.75) is 18.2 Å². The fourth-order valence-corrected chi connectivity index (χ4v) is 3.44. The second-order valence-electron chi connectivity index (χ2n) is 6.75. The predicted octanol–water partition coefficient (Wildman–Crippen LogP) is 2.29. The molecule has 8 heteroatoms. The van der Waals surface area contributed by atoms with Gasteiger partial charge in [-0.2, -0.15) is 9.50 Å². The number of rotatable bonds is 5. The zero-order chi connectivity index (χ0) is 20.1. The van der Waals surface area contributed by atoms with Crippen molar-refractivity contribution in [1.29, 1.82) is 0 Å². The third-order valence-corrected chi connectivity index (χ3v) is 5.06. The van der Waals surface area contributed by atoms with Gasteiger partial charge < -0.3 is 9.47 Å². The lowest BCUT2D eigenvalue weighted by Gasteiger charge is -2.31. The van der Waals surface area contributed by atoms with Gasteiger partial charge in [-0.15, -0.1) is 5.10 Å². The fourth-order valence-electron chi connectivity index (χ4n) is 3.10. The Labute approximate surface area is 174 Å². The quantitative estimate of drug-likeness (QED) is 0.473. The molecule has 3 heterocycles. The van der Waals surface area contributed by atoms with Crippen LogP contribution in [0.5, 0.6) is 5.88 Å². The molecule has 2 aromatic heterocycles. The Morgan fingerprint density at radius 1 is 1.28 bits per heavy atom. The molecule has 0 spiro atoms. The number of benzene rings is 1. The summed E-state index contributed by atoms with van der Waals surface area (Å²) in [4.78, 5) is 11.1. The molecule has 1 aliphatic rings. The average Bonchev–Trinajstić information content (AvgIpc) is 3.16. The molecule has 0 bridgehead atoms. The molecule has 1 aliphatic heterocycles. The first-order chi connectivity index (χ1) is 14.2. The van der Waals surface area contributed by atoms with Crippen LogP contribution >= 0.6 is 11.8 Å². The Morgan fingerprint density at radius 2 is 2.14 bits per heavy atom. The van der Waals surface area contributed by atoms with Crippen molar-refractivity contribution >= 4 is 17.5 Å². The molecular formula is C21H23N5O2S. The molecule has 150 valence electrons. The molecular weight excluding hydrogens is 386 g/mol. The number of ether oxygens (including phenoxy) is 2. The molecule has 1 saturated heterocycles. The molecule has 0 saturated carbocycles. The van der Waals surface area contributed by atoms with Crippen LogP contribution in [0, 0.1) is 18.8 Å². The van der Waals surface area contributed by atoms with Crippen molar-refractivity contribution < 1.29 is 9.47 Å². The molecule has 0 amide bonds. The average molecular weight is 410 g/mol. The normalized spacial score (nSPS) is 17.1. The number of thioether (sulfide) groups is 1. The maximum atomic E-state index is 6.04. The maximum Gasteiger partial charge on any atom is 0.256 e. The Morgan fingerprint density at radius 3 is 2.97 bits per heavy atom. The van der Waals surface area contributed by atoms with Crippen LogP contribution in [0.1, 0.15) is 11.3 Å². The van der Waals surface area contributed by atoms with E-state index in [2.05, 4.69) is 31.8 Å². The molecule has 0 aliphatic carbocycles. The summed E-state index contributed by atoms with van der Waals surface area (Å²) in [5.74, 6) is 7.64. The highest BCUT2D eigenvalue weighted by Crippen LogP contribution is 2.18. The van der Waals surface area contributed by atoms with E-state index in [1.54, 1.807) is 4.52 Å². The Balaban J connectivity index is 1.36. The van der Waals surface area contributed by atoms with E-state index in [4.69, 9.17) is 9.47 Å². The van der Waals surface area contributed by atoms with Crippen LogP contribution < -0.4 is 4.74 Å². The van der Waals surface area contributed by atoms with Crippen molar-refractivity contribution in [2.24, 2.45) is 0 Å². The van der Waals surface area contributed by atoms with Gasteiger partial charge in [0.05, 0.1) is 13.2 Å². The zero-order valence-corrected chi connectivity index (χ0v) is 17.4. The first-order valence-corrected chi connectivity index (χ1v) is 10.7. The summed E-state index contributed by atoms with van der Waals surface area (Å²) in [6, 6.07) is 11.9. The zero-order valence-electron chi connectivity index (χ0n) is 16.5. The Hall–Kier alpha value is -2.60. The van der Waals surface area contributed by atoms with Crippen molar-refractivity contribution in [2.75, 3.05) is 39.1 Å². The van der Waals surface area contributed by atoms with E-state index >= 15 is 0 Å². The molecule has 7 nitrogen and oxygen atoms in total. The van der Waals surface area contributed by atoms with E-state index in [-0.39, 0.29) is 6.10 Å². The van der Waals surface area contributed by atoms with E-state index in [0.717, 1.165) is 24.3 Å². The van der Waals surface area contributed by atoms with E-state index in [0.29, 0.717) is 36.6 Å². The monoisotopic (exact) mass is 409 g/mol. The third-order valence-electron chi connectivity index (χ3n) is 4.52. The number of aryl methyl sites for hydroxylation is 1. The highest BCUT2D eigenvalue weighted by molar-refractivity contribution is 7.98. The van der Waals surface area contributed by atoms with Crippen LogP contribution in [0.3, 0.4) is 0 Å². The lowest BCUT2D eigenvalue weighted by molar-refractivity contribution is -0.0450. The van der Waals surface area contributed by atoms with E-state index in [9.17, 15) is 0 Å². The molecule has 29 heavy (non-hydrogen) atoms. The van der Waals surface area contributed by atoms with Gasteiger partial charge in [0, 0.05) is 30.4 Å². The highest BCUT2D eigenvalue weighted by atomic mass is 32.2. The largest absolute Gasteiger partial charge is 0.475 e. The topological polar surface area (TPSA) is 64.8 Å². The van der Waals surface area contributed by atoms with Crippen molar-refractivity contribution in [3.05, 3.63) is 47.7 Å². The van der Waals surface area contributed by atoms with Gasteiger partial charge in [0.1, 0.15) is 12.7 Å². The van der Waals surface area contributed by atoms with Gasteiger partial charge in [0.25, 0.3) is 5.78 Å². The van der Waals surface area contributed by atoms with E-state index < -0.39 is 0 Å². The van der Waals surface area contributed by atoms with E-state index in [1.165, 1.54) is 11.8 Å². The smallest absolute Gasteiger partial charge is 0.256 e. The van der Waals surface area contributed by atoms with Crippen molar-refractivity contribution in [1.82, 2.24) is 24.5 Å². The van der Waals surface area contributed by atoms with Gasteiger partial charge in [-0.05, 0) is 25.3 Å².